The van der Waals surface area contributed by atoms with E-state index in [4.69, 9.17) is 4.74 Å². The minimum atomic E-state index is -0.465. The summed E-state index contributed by atoms with van der Waals surface area (Å²) in [6.07, 6.45) is 3.29. The largest absolute Gasteiger partial charge is 0.488 e. The molecule has 0 unspecified atom stereocenters. The summed E-state index contributed by atoms with van der Waals surface area (Å²) < 4.78 is 6.24. The van der Waals surface area contributed by atoms with Gasteiger partial charge in [0.1, 0.15) is 18.1 Å². The van der Waals surface area contributed by atoms with Crippen LogP contribution in [0.25, 0.3) is 6.08 Å². The van der Waals surface area contributed by atoms with Crippen LogP contribution in [0.4, 0.5) is 10.5 Å². The number of halogens is 1. The van der Waals surface area contributed by atoms with Gasteiger partial charge >= 0.3 is 6.03 Å². The lowest BCUT2D eigenvalue weighted by Gasteiger charge is -2.10. The molecule has 1 N–H and O–H groups in total. The van der Waals surface area contributed by atoms with Gasteiger partial charge in [0.15, 0.2) is 0 Å². The van der Waals surface area contributed by atoms with E-state index in [0.717, 1.165) is 14.9 Å². The highest BCUT2D eigenvalue weighted by molar-refractivity contribution is 9.10. The van der Waals surface area contributed by atoms with E-state index >= 15 is 0 Å². The molecule has 0 aliphatic carbocycles. The Morgan fingerprint density at radius 3 is 2.60 bits per heavy atom. The highest BCUT2D eigenvalue weighted by atomic mass is 79.9. The Balaban J connectivity index is 1.85. The van der Waals surface area contributed by atoms with E-state index < -0.39 is 6.03 Å². The van der Waals surface area contributed by atoms with Crippen molar-refractivity contribution in [2.45, 2.75) is 0 Å². The Bertz CT molecular complexity index is 862. The molecule has 2 aromatic rings. The molecule has 0 saturated carbocycles. The minimum absolute atomic E-state index is 0.223. The molecule has 3 amide bonds. The van der Waals surface area contributed by atoms with Crippen LogP contribution < -0.4 is 15.0 Å². The molecule has 126 valence electrons. The number of benzene rings is 2. The number of anilines is 1. The second-order valence-corrected chi connectivity index (χ2v) is 6.11. The Morgan fingerprint density at radius 2 is 1.92 bits per heavy atom. The lowest BCUT2D eigenvalue weighted by Crippen LogP contribution is -2.30. The molecular weight excluding hydrogens is 384 g/mol. The number of carbonyl (C=O) groups is 2. The third-order valence-corrected chi connectivity index (χ3v) is 4.14. The van der Waals surface area contributed by atoms with Gasteiger partial charge in [0.05, 0.1) is 10.2 Å². The molecule has 25 heavy (non-hydrogen) atoms. The zero-order valence-corrected chi connectivity index (χ0v) is 14.8. The molecule has 5 nitrogen and oxygen atoms in total. The number of para-hydroxylation sites is 1. The van der Waals surface area contributed by atoms with Gasteiger partial charge in [0, 0.05) is 0 Å². The summed E-state index contributed by atoms with van der Waals surface area (Å²) >= 11 is 3.43. The van der Waals surface area contributed by atoms with E-state index in [-0.39, 0.29) is 11.6 Å². The van der Waals surface area contributed by atoms with Gasteiger partial charge in [-0.2, -0.15) is 0 Å². The number of hydrogen-bond acceptors (Lipinski definition) is 3. The van der Waals surface area contributed by atoms with Crippen molar-refractivity contribution in [2.75, 3.05) is 11.5 Å². The van der Waals surface area contributed by atoms with Crippen LogP contribution in [0.3, 0.4) is 0 Å². The number of imide groups is 1. The van der Waals surface area contributed by atoms with Gasteiger partial charge in [-0.05, 0) is 51.8 Å². The third kappa shape index (κ3) is 3.64. The first-order valence-electron chi connectivity index (χ1n) is 7.55. The summed E-state index contributed by atoms with van der Waals surface area (Å²) in [5.41, 5.74) is 1.51. The maximum absolute atomic E-state index is 12.5. The highest BCUT2D eigenvalue weighted by Gasteiger charge is 2.34. The summed E-state index contributed by atoms with van der Waals surface area (Å²) in [6, 6.07) is 13.7. The molecule has 0 atom stereocenters. The first-order valence-corrected chi connectivity index (χ1v) is 8.35. The number of rotatable bonds is 5. The molecule has 0 radical (unpaired) electrons. The van der Waals surface area contributed by atoms with E-state index in [9.17, 15) is 9.59 Å². The van der Waals surface area contributed by atoms with E-state index in [1.54, 1.807) is 48.6 Å². The van der Waals surface area contributed by atoms with Crippen molar-refractivity contribution in [3.63, 3.8) is 0 Å². The number of urea groups is 1. The van der Waals surface area contributed by atoms with Gasteiger partial charge in [-0.25, -0.2) is 9.69 Å². The molecule has 1 aliphatic rings. The summed E-state index contributed by atoms with van der Waals surface area (Å²) in [7, 11) is 0. The molecule has 0 aromatic heterocycles. The Labute approximate surface area is 153 Å². The second kappa shape index (κ2) is 7.36. The van der Waals surface area contributed by atoms with Crippen LogP contribution in [0.5, 0.6) is 5.75 Å². The normalized spacial score (nSPS) is 15.4. The first kappa shape index (κ1) is 17.0. The maximum Gasteiger partial charge on any atom is 0.333 e. The molecule has 3 rings (SSSR count). The van der Waals surface area contributed by atoms with Crippen LogP contribution in [0, 0.1) is 0 Å². The molecule has 2 aromatic carbocycles. The maximum atomic E-state index is 12.5. The molecule has 6 heteroatoms. The number of ether oxygens (including phenoxy) is 1. The van der Waals surface area contributed by atoms with Crippen LogP contribution in [-0.2, 0) is 4.79 Å². The van der Waals surface area contributed by atoms with Crippen molar-refractivity contribution in [3.05, 3.63) is 76.9 Å². The molecule has 1 aliphatic heterocycles. The lowest BCUT2D eigenvalue weighted by atomic mass is 10.2. The predicted molar refractivity (Wildman–Crippen MR) is 100 cm³/mol. The van der Waals surface area contributed by atoms with Crippen molar-refractivity contribution < 1.29 is 14.3 Å². The highest BCUT2D eigenvalue weighted by Crippen LogP contribution is 2.28. The van der Waals surface area contributed by atoms with Crippen molar-refractivity contribution in [2.24, 2.45) is 0 Å². The van der Waals surface area contributed by atoms with E-state index in [2.05, 4.69) is 27.8 Å². The lowest BCUT2D eigenvalue weighted by molar-refractivity contribution is -0.113. The van der Waals surface area contributed by atoms with Crippen LogP contribution in [-0.4, -0.2) is 18.5 Å². The SMILES string of the molecule is C=CCOc1ccc(C=C2NC(=O)N(c3ccccc3)C2=O)cc1Br. The van der Waals surface area contributed by atoms with Crippen LogP contribution >= 0.6 is 15.9 Å². The Kier molecular flexibility index (Phi) is 5.00. The van der Waals surface area contributed by atoms with E-state index in [1.807, 2.05) is 12.1 Å². The molecule has 0 spiro atoms. The molecular formula is C19H15BrN2O3. The number of amides is 3. The molecule has 1 saturated heterocycles. The quantitative estimate of drug-likeness (QED) is 0.468. The summed E-state index contributed by atoms with van der Waals surface area (Å²) in [4.78, 5) is 25.8. The monoisotopic (exact) mass is 398 g/mol. The van der Waals surface area contributed by atoms with Crippen molar-refractivity contribution in [3.8, 4) is 5.75 Å². The third-order valence-electron chi connectivity index (χ3n) is 3.52. The number of carbonyl (C=O) groups excluding carboxylic acids is 2. The van der Waals surface area contributed by atoms with Crippen molar-refractivity contribution in [1.82, 2.24) is 5.32 Å². The topological polar surface area (TPSA) is 58.6 Å². The van der Waals surface area contributed by atoms with Crippen molar-refractivity contribution in [1.29, 1.82) is 0 Å². The number of nitrogens with zero attached hydrogens (tertiary/aromatic N) is 1. The fourth-order valence-corrected chi connectivity index (χ4v) is 2.90. The van der Waals surface area contributed by atoms with Gasteiger partial charge in [-0.1, -0.05) is 36.9 Å². The molecule has 0 bridgehead atoms. The van der Waals surface area contributed by atoms with Gasteiger partial charge in [-0.3, -0.25) is 4.79 Å². The molecule has 1 heterocycles. The van der Waals surface area contributed by atoms with Gasteiger partial charge in [-0.15, -0.1) is 0 Å². The zero-order chi connectivity index (χ0) is 17.8. The average molecular weight is 399 g/mol. The van der Waals surface area contributed by atoms with E-state index in [0.29, 0.717) is 18.0 Å². The summed E-state index contributed by atoms with van der Waals surface area (Å²) in [5, 5.41) is 2.61. The van der Waals surface area contributed by atoms with Crippen molar-refractivity contribution >= 4 is 39.6 Å². The van der Waals surface area contributed by atoms with Crippen LogP contribution in [0.1, 0.15) is 5.56 Å². The average Bonchev–Trinajstić information content (AvgIpc) is 2.88. The predicted octanol–water partition coefficient (Wildman–Crippen LogP) is 4.11. The Morgan fingerprint density at radius 1 is 1.16 bits per heavy atom. The molecule has 1 fully saturated rings. The summed E-state index contributed by atoms with van der Waals surface area (Å²) in [5.74, 6) is 0.286. The van der Waals surface area contributed by atoms with E-state index in [1.165, 1.54) is 0 Å². The fraction of sp³-hybridized carbons (Fsp3) is 0.0526. The Hall–Kier alpha value is -2.86. The number of nitrogens with one attached hydrogen (secondary N) is 1. The van der Waals surface area contributed by atoms with Gasteiger partial charge < -0.3 is 10.1 Å². The van der Waals surface area contributed by atoms with Gasteiger partial charge in [0.25, 0.3) is 5.91 Å². The smallest absolute Gasteiger partial charge is 0.333 e. The summed E-state index contributed by atoms with van der Waals surface area (Å²) in [6.45, 7) is 4.01. The van der Waals surface area contributed by atoms with Gasteiger partial charge in [0.2, 0.25) is 0 Å². The van der Waals surface area contributed by atoms with Crippen LogP contribution in [0.15, 0.2) is 71.4 Å². The minimum Gasteiger partial charge on any atom is -0.488 e. The zero-order valence-electron chi connectivity index (χ0n) is 13.2. The fourth-order valence-electron chi connectivity index (χ4n) is 2.39. The van der Waals surface area contributed by atoms with Crippen LogP contribution in [0.2, 0.25) is 0 Å². The standard InChI is InChI=1S/C19H15BrN2O3/c1-2-10-25-17-9-8-13(11-15(17)20)12-16-18(23)22(19(24)21-16)14-6-4-3-5-7-14/h2-9,11-12H,1,10H2,(H,21,24). The number of hydrogen-bond donors (Lipinski definition) is 1. The first-order chi connectivity index (χ1) is 12.1. The second-order valence-electron chi connectivity index (χ2n) is 5.25.